The third-order valence-corrected chi connectivity index (χ3v) is 8.04. The van der Waals surface area contributed by atoms with Crippen molar-refractivity contribution >= 4 is 23.6 Å². The van der Waals surface area contributed by atoms with Crippen LogP contribution >= 0.6 is 11.8 Å². The van der Waals surface area contributed by atoms with Crippen LogP contribution in [-0.2, 0) is 11.3 Å². The van der Waals surface area contributed by atoms with E-state index < -0.39 is 12.0 Å². The zero-order chi connectivity index (χ0) is 25.9. The summed E-state index contributed by atoms with van der Waals surface area (Å²) in [5.41, 5.74) is 4.47. The molecule has 196 valence electrons. The van der Waals surface area contributed by atoms with Gasteiger partial charge in [0.05, 0.1) is 12.0 Å². The van der Waals surface area contributed by atoms with Gasteiger partial charge in [0.15, 0.2) is 0 Å². The Morgan fingerprint density at radius 3 is 2.46 bits per heavy atom. The average Bonchev–Trinajstić information content (AvgIpc) is 2.89. The number of carbonyl (C=O) groups excluding carboxylic acids is 2. The maximum Gasteiger partial charge on any atom is 1.00 e. The Morgan fingerprint density at radius 1 is 1.08 bits per heavy atom. The van der Waals surface area contributed by atoms with Crippen molar-refractivity contribution in [3.05, 3.63) is 59.2 Å². The molecule has 5 nitrogen and oxygen atoms in total. The number of aryl methyl sites for hydroxylation is 1. The molecule has 37 heavy (non-hydrogen) atoms. The number of hydrogen-bond acceptors (Lipinski definition) is 5. The third-order valence-electron chi connectivity index (χ3n) is 7.39. The largest absolute Gasteiger partial charge is 1.00 e. The Labute approximate surface area is 239 Å². The first kappa shape index (κ1) is 31.5. The summed E-state index contributed by atoms with van der Waals surface area (Å²) in [7, 11) is 0. The molecule has 2 N–H and O–H groups in total. The minimum absolute atomic E-state index is 0. The van der Waals surface area contributed by atoms with Crippen LogP contribution in [0.4, 0.5) is 0 Å². The number of carboxylic acids is 1. The molecule has 1 fully saturated rings. The summed E-state index contributed by atoms with van der Waals surface area (Å²) in [5.74, 6) is -0.174. The van der Waals surface area contributed by atoms with Crippen molar-refractivity contribution in [3.8, 4) is 11.1 Å². The van der Waals surface area contributed by atoms with Crippen molar-refractivity contribution in [2.75, 3.05) is 12.0 Å². The quantitative estimate of drug-likeness (QED) is 0.399. The molecule has 3 rings (SSSR count). The first-order chi connectivity index (χ1) is 17.4. The number of rotatable bonds is 13. The van der Waals surface area contributed by atoms with Crippen molar-refractivity contribution in [3.63, 3.8) is 0 Å². The molecule has 1 aliphatic carbocycles. The minimum atomic E-state index is -1.25. The predicted octanol–water partition coefficient (Wildman–Crippen LogP) is 2.11. The number of carboxylic acid groups (broad SMARTS) is 1. The van der Waals surface area contributed by atoms with Crippen LogP contribution in [0, 0.1) is 12.8 Å². The number of benzene rings is 2. The molecule has 0 radical (unpaired) electrons. The molecule has 0 aliphatic heterocycles. The first-order valence-electron chi connectivity index (χ1n) is 13.4. The number of carbonyl (C=O) groups is 2. The fraction of sp³-hybridized carbons (Fsp3) is 0.533. The van der Waals surface area contributed by atoms with Crippen molar-refractivity contribution in [1.29, 1.82) is 0 Å². The average molecular weight is 517 g/mol. The zero-order valence-corrected chi connectivity index (χ0v) is 23.8. The SMILES string of the molecule is CCC(CC1CCCCC1)NCc1ccc(C(=O)N[C@@H](CCSC)C(=O)[O-])c(-c2ccccc2C)c1.[Li+]. The Morgan fingerprint density at radius 2 is 1.81 bits per heavy atom. The number of nitrogens with one attached hydrogen (secondary N) is 2. The molecular weight excluding hydrogens is 475 g/mol. The zero-order valence-electron chi connectivity index (χ0n) is 23.0. The van der Waals surface area contributed by atoms with Crippen molar-refractivity contribution < 1.29 is 33.6 Å². The predicted molar refractivity (Wildman–Crippen MR) is 148 cm³/mol. The summed E-state index contributed by atoms with van der Waals surface area (Å²) in [4.78, 5) is 24.9. The van der Waals surface area contributed by atoms with Crippen LogP contribution in [0.5, 0.6) is 0 Å². The Hall–Kier alpha value is -1.71. The van der Waals surface area contributed by atoms with E-state index in [-0.39, 0.29) is 24.8 Å². The molecule has 0 bridgehead atoms. The van der Waals surface area contributed by atoms with Crippen LogP contribution in [-0.4, -0.2) is 36.0 Å². The molecule has 0 heterocycles. The minimum Gasteiger partial charge on any atom is -0.548 e. The number of amides is 1. The van der Waals surface area contributed by atoms with E-state index in [1.165, 1.54) is 38.5 Å². The Balaban J connectivity index is 0.00000481. The molecule has 1 amide bonds. The van der Waals surface area contributed by atoms with Gasteiger partial charge >= 0.3 is 18.9 Å². The second-order valence-corrected chi connectivity index (χ2v) is 11.0. The monoisotopic (exact) mass is 516 g/mol. The van der Waals surface area contributed by atoms with Gasteiger partial charge in [-0.1, -0.05) is 69.4 Å². The maximum absolute atomic E-state index is 13.2. The molecule has 7 heteroatoms. The van der Waals surface area contributed by atoms with Gasteiger partial charge in [0, 0.05) is 18.2 Å². The van der Waals surface area contributed by atoms with Gasteiger partial charge in [-0.05, 0) is 78.5 Å². The fourth-order valence-electron chi connectivity index (χ4n) is 5.20. The van der Waals surface area contributed by atoms with E-state index in [1.807, 2.05) is 49.6 Å². The van der Waals surface area contributed by atoms with Crippen LogP contribution in [0.1, 0.15) is 79.8 Å². The van der Waals surface area contributed by atoms with Crippen LogP contribution < -0.4 is 34.6 Å². The Kier molecular flexibility index (Phi) is 13.9. The molecule has 2 atom stereocenters. The van der Waals surface area contributed by atoms with E-state index in [1.54, 1.807) is 11.8 Å². The molecule has 0 spiro atoms. The standard InChI is InChI=1S/C30H42N2O3S.Li/c1-4-24(18-22-11-6-5-7-12-22)31-20-23-14-15-26(27(19-23)25-13-9-8-10-21(25)2)29(33)32-28(30(34)35)16-17-36-3;/h8-10,13-15,19,22,24,28,31H,4-7,11-12,16-18,20H2,1-3H3,(H,32,33)(H,34,35);/q;+1/p-1/t24?,28-;/m0./s1. The van der Waals surface area contributed by atoms with Gasteiger partial charge in [0.1, 0.15) is 0 Å². The van der Waals surface area contributed by atoms with Gasteiger partial charge in [0.2, 0.25) is 0 Å². The number of thioether (sulfide) groups is 1. The van der Waals surface area contributed by atoms with Gasteiger partial charge in [-0.25, -0.2) is 0 Å². The molecule has 2 aromatic rings. The van der Waals surface area contributed by atoms with E-state index in [2.05, 4.69) is 23.6 Å². The molecule has 2 aromatic carbocycles. The van der Waals surface area contributed by atoms with E-state index in [9.17, 15) is 14.7 Å². The fourth-order valence-corrected chi connectivity index (χ4v) is 5.67. The summed E-state index contributed by atoms with van der Waals surface area (Å²) in [6.45, 7) is 5.01. The topological polar surface area (TPSA) is 81.3 Å². The van der Waals surface area contributed by atoms with Crippen LogP contribution in [0.25, 0.3) is 11.1 Å². The van der Waals surface area contributed by atoms with Crippen LogP contribution in [0.15, 0.2) is 42.5 Å². The summed E-state index contributed by atoms with van der Waals surface area (Å²) >= 11 is 1.55. The first-order valence-corrected chi connectivity index (χ1v) is 14.7. The summed E-state index contributed by atoms with van der Waals surface area (Å²) in [5, 5.41) is 18.1. The smallest absolute Gasteiger partial charge is 0.548 e. The van der Waals surface area contributed by atoms with Crippen molar-refractivity contribution in [2.24, 2.45) is 5.92 Å². The molecule has 1 saturated carbocycles. The number of aliphatic carboxylic acids is 1. The summed E-state index contributed by atoms with van der Waals surface area (Å²) < 4.78 is 0. The molecule has 0 aromatic heterocycles. The van der Waals surface area contributed by atoms with Crippen molar-refractivity contribution in [2.45, 2.75) is 83.8 Å². The molecule has 0 saturated heterocycles. The maximum atomic E-state index is 13.2. The van der Waals surface area contributed by atoms with Crippen LogP contribution in [0.2, 0.25) is 0 Å². The van der Waals surface area contributed by atoms with E-state index in [0.717, 1.165) is 41.1 Å². The van der Waals surface area contributed by atoms with Crippen LogP contribution in [0.3, 0.4) is 0 Å². The van der Waals surface area contributed by atoms with Gasteiger partial charge in [-0.2, -0.15) is 11.8 Å². The normalized spacial score (nSPS) is 15.4. The van der Waals surface area contributed by atoms with Gasteiger partial charge in [-0.15, -0.1) is 0 Å². The third kappa shape index (κ3) is 9.52. The second-order valence-electron chi connectivity index (χ2n) is 10.0. The Bertz CT molecular complexity index is 1010. The van der Waals surface area contributed by atoms with Gasteiger partial charge in [-0.3, -0.25) is 4.79 Å². The molecule has 1 unspecified atom stereocenters. The molecular formula is C30H41LiN2O3S. The van der Waals surface area contributed by atoms with Gasteiger partial charge in [0.25, 0.3) is 5.91 Å². The summed E-state index contributed by atoms with van der Waals surface area (Å²) in [6, 6.07) is 13.4. The second kappa shape index (κ2) is 16.3. The molecule has 1 aliphatic rings. The van der Waals surface area contributed by atoms with E-state index >= 15 is 0 Å². The summed E-state index contributed by atoms with van der Waals surface area (Å²) in [6.07, 6.45) is 11.4. The van der Waals surface area contributed by atoms with E-state index in [0.29, 0.717) is 23.8 Å². The van der Waals surface area contributed by atoms with E-state index in [4.69, 9.17) is 0 Å². The number of hydrogen-bond donors (Lipinski definition) is 2. The van der Waals surface area contributed by atoms with Crippen molar-refractivity contribution in [1.82, 2.24) is 10.6 Å². The van der Waals surface area contributed by atoms with Gasteiger partial charge < -0.3 is 20.5 Å².